The number of imide groups is 2. The maximum atomic E-state index is 13.1. The SMILES string of the molecule is NC1[C@H]2CN(Cc3cccc4c3C(=O)N(C3CCC(=O)NC3=O)C4=O)C[C@@H]12. The molecule has 3 N–H and O–H groups in total. The number of carbonyl (C=O) groups excluding carboxylic acids is 4. The normalized spacial score (nSPS) is 32.6. The van der Waals surface area contributed by atoms with E-state index in [1.165, 1.54) is 0 Å². The van der Waals surface area contributed by atoms with Crippen LogP contribution < -0.4 is 11.1 Å². The number of hydrogen-bond donors (Lipinski definition) is 2. The van der Waals surface area contributed by atoms with Crippen LogP contribution in [0.25, 0.3) is 0 Å². The molecule has 0 radical (unpaired) electrons. The smallest absolute Gasteiger partial charge is 0.262 e. The van der Waals surface area contributed by atoms with Gasteiger partial charge in [-0.05, 0) is 29.9 Å². The first kappa shape index (κ1) is 16.6. The molecule has 0 aromatic heterocycles. The molecule has 1 aliphatic carbocycles. The zero-order chi connectivity index (χ0) is 18.9. The summed E-state index contributed by atoms with van der Waals surface area (Å²) in [6, 6.07) is 4.63. The number of fused-ring (bicyclic) bond motifs is 2. The highest BCUT2D eigenvalue weighted by Crippen LogP contribution is 2.44. The zero-order valence-corrected chi connectivity index (χ0v) is 14.7. The number of nitrogens with one attached hydrogen (secondary N) is 1. The summed E-state index contributed by atoms with van der Waals surface area (Å²) < 4.78 is 0. The first-order valence-electron chi connectivity index (χ1n) is 9.27. The molecule has 2 saturated heterocycles. The van der Waals surface area contributed by atoms with Gasteiger partial charge < -0.3 is 5.73 Å². The summed E-state index contributed by atoms with van der Waals surface area (Å²) in [5.41, 5.74) is 7.51. The lowest BCUT2D eigenvalue weighted by Crippen LogP contribution is -2.54. The number of rotatable bonds is 3. The summed E-state index contributed by atoms with van der Waals surface area (Å²) in [7, 11) is 0. The third kappa shape index (κ3) is 2.44. The molecule has 1 aromatic rings. The minimum atomic E-state index is -0.930. The van der Waals surface area contributed by atoms with Crippen LogP contribution in [0.4, 0.5) is 0 Å². The topological polar surface area (TPSA) is 113 Å². The molecular weight excluding hydrogens is 348 g/mol. The van der Waals surface area contributed by atoms with E-state index in [4.69, 9.17) is 5.73 Å². The van der Waals surface area contributed by atoms with E-state index >= 15 is 0 Å². The second-order valence-electron chi connectivity index (χ2n) is 7.89. The molecule has 3 fully saturated rings. The Balaban J connectivity index is 1.41. The summed E-state index contributed by atoms with van der Waals surface area (Å²) in [6.45, 7) is 2.41. The molecule has 1 aromatic carbocycles. The largest absolute Gasteiger partial charge is 0.327 e. The Hall–Kier alpha value is -2.58. The Bertz CT molecular complexity index is 886. The molecule has 4 aliphatic rings. The second kappa shape index (κ2) is 5.71. The lowest BCUT2D eigenvalue weighted by atomic mass is 10.0. The molecule has 2 unspecified atom stereocenters. The summed E-state index contributed by atoms with van der Waals surface area (Å²) in [6.07, 6.45) is 0.284. The summed E-state index contributed by atoms with van der Waals surface area (Å²) in [5.74, 6) is -0.785. The van der Waals surface area contributed by atoms with Gasteiger partial charge in [-0.15, -0.1) is 0 Å². The highest BCUT2D eigenvalue weighted by atomic mass is 16.2. The van der Waals surface area contributed by atoms with Gasteiger partial charge in [-0.2, -0.15) is 0 Å². The number of amides is 4. The molecule has 8 nitrogen and oxygen atoms in total. The van der Waals surface area contributed by atoms with Crippen molar-refractivity contribution in [3.8, 4) is 0 Å². The fourth-order valence-corrected chi connectivity index (χ4v) is 4.75. The van der Waals surface area contributed by atoms with E-state index in [1.807, 2.05) is 6.07 Å². The fourth-order valence-electron chi connectivity index (χ4n) is 4.75. The van der Waals surface area contributed by atoms with Crippen molar-refractivity contribution in [2.75, 3.05) is 13.1 Å². The van der Waals surface area contributed by atoms with Crippen LogP contribution in [0, 0.1) is 11.8 Å². The van der Waals surface area contributed by atoms with E-state index in [1.54, 1.807) is 12.1 Å². The third-order valence-electron chi connectivity index (χ3n) is 6.28. The highest BCUT2D eigenvalue weighted by Gasteiger charge is 2.53. The van der Waals surface area contributed by atoms with Gasteiger partial charge in [0.2, 0.25) is 11.8 Å². The van der Waals surface area contributed by atoms with Gasteiger partial charge in [0.1, 0.15) is 6.04 Å². The Morgan fingerprint density at radius 2 is 1.81 bits per heavy atom. The lowest BCUT2D eigenvalue weighted by molar-refractivity contribution is -0.136. The van der Waals surface area contributed by atoms with E-state index in [2.05, 4.69) is 10.2 Å². The summed E-state index contributed by atoms with van der Waals surface area (Å²) in [4.78, 5) is 52.7. The predicted octanol–water partition coefficient (Wildman–Crippen LogP) is -0.523. The van der Waals surface area contributed by atoms with E-state index in [-0.39, 0.29) is 18.7 Å². The fraction of sp³-hybridized carbons (Fsp3) is 0.474. The minimum Gasteiger partial charge on any atom is -0.327 e. The van der Waals surface area contributed by atoms with Crippen LogP contribution in [0.1, 0.15) is 39.1 Å². The maximum absolute atomic E-state index is 13.1. The van der Waals surface area contributed by atoms with Crippen LogP contribution in [0.2, 0.25) is 0 Å². The minimum absolute atomic E-state index is 0.119. The highest BCUT2D eigenvalue weighted by molar-refractivity contribution is 6.24. The van der Waals surface area contributed by atoms with Crippen molar-refractivity contribution in [2.45, 2.75) is 31.5 Å². The number of piperidine rings is 2. The number of carbonyl (C=O) groups is 4. The number of benzene rings is 1. The number of hydrogen-bond acceptors (Lipinski definition) is 6. The Labute approximate surface area is 155 Å². The van der Waals surface area contributed by atoms with Gasteiger partial charge in [-0.1, -0.05) is 12.1 Å². The van der Waals surface area contributed by atoms with Crippen LogP contribution in [-0.4, -0.2) is 58.6 Å². The van der Waals surface area contributed by atoms with Crippen LogP contribution in [0.5, 0.6) is 0 Å². The molecule has 1 saturated carbocycles. The quantitative estimate of drug-likeness (QED) is 0.694. The molecule has 5 rings (SSSR count). The van der Waals surface area contributed by atoms with E-state index < -0.39 is 23.8 Å². The van der Waals surface area contributed by atoms with Gasteiger partial charge in [0, 0.05) is 32.1 Å². The van der Waals surface area contributed by atoms with Crippen LogP contribution in [-0.2, 0) is 16.1 Å². The maximum Gasteiger partial charge on any atom is 0.262 e. The Kier molecular flexibility index (Phi) is 3.50. The Morgan fingerprint density at radius 3 is 2.52 bits per heavy atom. The van der Waals surface area contributed by atoms with Gasteiger partial charge in [-0.25, -0.2) is 0 Å². The molecule has 3 heterocycles. The van der Waals surface area contributed by atoms with E-state index in [0.29, 0.717) is 35.5 Å². The molecular formula is C19H20N4O4. The van der Waals surface area contributed by atoms with Crippen LogP contribution in [0.3, 0.4) is 0 Å². The van der Waals surface area contributed by atoms with E-state index in [0.717, 1.165) is 23.6 Å². The molecule has 3 aliphatic heterocycles. The molecule has 0 bridgehead atoms. The van der Waals surface area contributed by atoms with Crippen LogP contribution in [0.15, 0.2) is 18.2 Å². The monoisotopic (exact) mass is 368 g/mol. The lowest BCUT2D eigenvalue weighted by Gasteiger charge is -2.28. The Morgan fingerprint density at radius 1 is 1.07 bits per heavy atom. The first-order valence-corrected chi connectivity index (χ1v) is 9.27. The summed E-state index contributed by atoms with van der Waals surface area (Å²) >= 11 is 0. The molecule has 4 atom stereocenters. The van der Waals surface area contributed by atoms with E-state index in [9.17, 15) is 19.2 Å². The van der Waals surface area contributed by atoms with Crippen LogP contribution >= 0.6 is 0 Å². The van der Waals surface area contributed by atoms with Crippen molar-refractivity contribution >= 4 is 23.6 Å². The zero-order valence-electron chi connectivity index (χ0n) is 14.7. The second-order valence-corrected chi connectivity index (χ2v) is 7.89. The van der Waals surface area contributed by atoms with Crippen molar-refractivity contribution < 1.29 is 19.2 Å². The van der Waals surface area contributed by atoms with Gasteiger partial charge in [0.15, 0.2) is 0 Å². The standard InChI is InChI=1S/C19H20N4O4/c20-16-11-7-22(8-12(11)16)6-9-2-1-3-10-15(9)19(27)23(18(10)26)13-4-5-14(24)21-17(13)25/h1-3,11-13,16H,4-8,20H2,(H,21,24,25)/t11-,12+,13?,16?. The van der Waals surface area contributed by atoms with Crippen molar-refractivity contribution in [2.24, 2.45) is 17.6 Å². The predicted molar refractivity (Wildman–Crippen MR) is 93.3 cm³/mol. The van der Waals surface area contributed by atoms with Crippen molar-refractivity contribution in [1.82, 2.24) is 15.1 Å². The third-order valence-corrected chi connectivity index (χ3v) is 6.28. The molecule has 27 heavy (non-hydrogen) atoms. The molecule has 140 valence electrons. The molecule has 4 amide bonds. The first-order chi connectivity index (χ1) is 13.0. The van der Waals surface area contributed by atoms with Gasteiger partial charge in [0.25, 0.3) is 11.8 Å². The summed E-state index contributed by atoms with van der Waals surface area (Å²) in [5, 5.41) is 2.22. The van der Waals surface area contributed by atoms with Gasteiger partial charge >= 0.3 is 0 Å². The number of likely N-dealkylation sites (tertiary alicyclic amines) is 1. The van der Waals surface area contributed by atoms with Crippen molar-refractivity contribution in [3.63, 3.8) is 0 Å². The van der Waals surface area contributed by atoms with Crippen molar-refractivity contribution in [1.29, 1.82) is 0 Å². The van der Waals surface area contributed by atoms with Gasteiger partial charge in [0.05, 0.1) is 11.1 Å². The van der Waals surface area contributed by atoms with Gasteiger partial charge in [-0.3, -0.25) is 34.3 Å². The number of nitrogens with two attached hydrogens (primary N) is 1. The molecule has 0 spiro atoms. The molecule has 8 heteroatoms. The average Bonchev–Trinajstić information content (AvgIpc) is 2.96. The number of nitrogens with zero attached hydrogens (tertiary/aromatic N) is 2. The van der Waals surface area contributed by atoms with Crippen molar-refractivity contribution in [3.05, 3.63) is 34.9 Å². The average molecular weight is 368 g/mol.